The minimum atomic E-state index is -3.54. The second-order valence-corrected chi connectivity index (χ2v) is 5.90. The maximum absolute atomic E-state index is 11.8. The van der Waals surface area contributed by atoms with Crippen LogP contribution in [-0.2, 0) is 15.8 Å². The van der Waals surface area contributed by atoms with E-state index in [2.05, 4.69) is 4.72 Å². The van der Waals surface area contributed by atoms with Crippen LogP contribution in [0.15, 0.2) is 24.3 Å². The number of benzene rings is 1. The summed E-state index contributed by atoms with van der Waals surface area (Å²) in [5, 5.41) is 17.2. The molecule has 0 aromatic heterocycles. The third-order valence-corrected chi connectivity index (χ3v) is 3.81. The molecule has 0 heterocycles. The van der Waals surface area contributed by atoms with Gasteiger partial charge in [0.1, 0.15) is 0 Å². The quantitative estimate of drug-likeness (QED) is 0.812. The first kappa shape index (κ1) is 15.1. The molecule has 0 spiro atoms. The van der Waals surface area contributed by atoms with Crippen LogP contribution in [0.4, 0.5) is 0 Å². The van der Waals surface area contributed by atoms with Gasteiger partial charge in [0.05, 0.1) is 23.8 Å². The first-order valence-corrected chi connectivity index (χ1v) is 7.18. The Labute approximate surface area is 111 Å². The van der Waals surface area contributed by atoms with Gasteiger partial charge in [-0.2, -0.15) is 5.26 Å². The van der Waals surface area contributed by atoms with Crippen LogP contribution in [0.2, 0.25) is 0 Å². The van der Waals surface area contributed by atoms with E-state index in [9.17, 15) is 13.2 Å². The molecule has 0 amide bonds. The van der Waals surface area contributed by atoms with E-state index in [4.69, 9.17) is 10.4 Å². The number of carboxylic acid groups (broad SMARTS) is 1. The van der Waals surface area contributed by atoms with Crippen LogP contribution in [-0.4, -0.2) is 25.5 Å². The first-order valence-electron chi connectivity index (χ1n) is 5.53. The number of nitriles is 1. The molecule has 0 aliphatic carbocycles. The number of rotatable bonds is 6. The lowest BCUT2D eigenvalue weighted by Crippen LogP contribution is -2.33. The lowest BCUT2D eigenvalue weighted by molar-refractivity contribution is 0.0697. The molecule has 0 radical (unpaired) electrons. The van der Waals surface area contributed by atoms with E-state index in [1.165, 1.54) is 24.3 Å². The minimum absolute atomic E-state index is 0.0944. The normalized spacial score (nSPS) is 12.6. The van der Waals surface area contributed by atoms with Crippen molar-refractivity contribution in [1.82, 2.24) is 4.72 Å². The zero-order chi connectivity index (χ0) is 14.5. The fourth-order valence-corrected chi connectivity index (χ4v) is 2.90. The Balaban J connectivity index is 2.73. The number of hydrogen-bond donors (Lipinski definition) is 2. The van der Waals surface area contributed by atoms with Crippen LogP contribution >= 0.6 is 0 Å². The third kappa shape index (κ3) is 5.07. The molecule has 1 atom stereocenters. The summed E-state index contributed by atoms with van der Waals surface area (Å²) in [4.78, 5) is 10.7. The Bertz CT molecular complexity index is 587. The number of hydrogen-bond acceptors (Lipinski definition) is 4. The van der Waals surface area contributed by atoms with E-state index >= 15 is 0 Å². The second-order valence-electron chi connectivity index (χ2n) is 4.14. The van der Waals surface area contributed by atoms with Gasteiger partial charge in [0.15, 0.2) is 0 Å². The topological polar surface area (TPSA) is 107 Å². The second kappa shape index (κ2) is 6.31. The Hall–Kier alpha value is -1.91. The van der Waals surface area contributed by atoms with Crippen LogP contribution < -0.4 is 4.72 Å². The van der Waals surface area contributed by atoms with Gasteiger partial charge in [0.25, 0.3) is 0 Å². The Morgan fingerprint density at radius 3 is 2.47 bits per heavy atom. The minimum Gasteiger partial charge on any atom is -0.478 e. The van der Waals surface area contributed by atoms with Gasteiger partial charge in [-0.1, -0.05) is 12.1 Å². The smallest absolute Gasteiger partial charge is 0.335 e. The van der Waals surface area contributed by atoms with E-state index < -0.39 is 22.0 Å². The monoisotopic (exact) mass is 282 g/mol. The SMILES string of the molecule is CC(CC#N)NS(=O)(=O)Cc1ccc(C(=O)O)cc1. The number of carboxylic acids is 1. The van der Waals surface area contributed by atoms with Crippen LogP contribution in [0.1, 0.15) is 29.3 Å². The van der Waals surface area contributed by atoms with Crippen molar-refractivity contribution < 1.29 is 18.3 Å². The number of sulfonamides is 1. The molecule has 19 heavy (non-hydrogen) atoms. The van der Waals surface area contributed by atoms with E-state index in [0.717, 1.165) is 0 Å². The van der Waals surface area contributed by atoms with Crippen LogP contribution in [0.25, 0.3) is 0 Å². The van der Waals surface area contributed by atoms with E-state index in [1.54, 1.807) is 6.92 Å². The Kier molecular flexibility index (Phi) is 5.03. The first-order chi connectivity index (χ1) is 8.84. The summed E-state index contributed by atoms with van der Waals surface area (Å²) in [5.41, 5.74) is 0.591. The Morgan fingerprint density at radius 1 is 1.42 bits per heavy atom. The Morgan fingerprint density at radius 2 is 2.00 bits per heavy atom. The van der Waals surface area contributed by atoms with Gasteiger partial charge in [0.2, 0.25) is 10.0 Å². The molecule has 0 saturated heterocycles. The van der Waals surface area contributed by atoms with Crippen molar-refractivity contribution in [3.63, 3.8) is 0 Å². The average Bonchev–Trinajstić information content (AvgIpc) is 2.28. The highest BCUT2D eigenvalue weighted by atomic mass is 32.2. The number of nitrogens with one attached hydrogen (secondary N) is 1. The van der Waals surface area contributed by atoms with Gasteiger partial charge in [-0.05, 0) is 24.6 Å². The van der Waals surface area contributed by atoms with Gasteiger partial charge in [-0.3, -0.25) is 0 Å². The number of carbonyl (C=O) groups is 1. The van der Waals surface area contributed by atoms with Crippen LogP contribution in [0.5, 0.6) is 0 Å². The molecule has 1 rings (SSSR count). The van der Waals surface area contributed by atoms with Crippen molar-refractivity contribution in [2.75, 3.05) is 0 Å². The van der Waals surface area contributed by atoms with Gasteiger partial charge in [0, 0.05) is 6.04 Å². The molecule has 0 fully saturated rings. The summed E-state index contributed by atoms with van der Waals surface area (Å²) in [6, 6.07) is 7.05. The van der Waals surface area contributed by atoms with Gasteiger partial charge >= 0.3 is 5.97 Å². The highest BCUT2D eigenvalue weighted by molar-refractivity contribution is 7.88. The van der Waals surface area contributed by atoms with E-state index in [-0.39, 0.29) is 17.7 Å². The maximum Gasteiger partial charge on any atom is 0.335 e. The van der Waals surface area contributed by atoms with Gasteiger partial charge < -0.3 is 5.11 Å². The summed E-state index contributed by atoms with van der Waals surface area (Å²) in [6.07, 6.45) is 0.0944. The van der Waals surface area contributed by atoms with Gasteiger partial charge in [-0.15, -0.1) is 0 Å². The molecule has 6 nitrogen and oxygen atoms in total. The van der Waals surface area contributed by atoms with E-state index in [1.807, 2.05) is 6.07 Å². The van der Waals surface area contributed by atoms with Crippen molar-refractivity contribution in [3.8, 4) is 6.07 Å². The fourth-order valence-electron chi connectivity index (χ4n) is 1.49. The number of aromatic carboxylic acids is 1. The molecule has 7 heteroatoms. The molecular formula is C12H14N2O4S. The lowest BCUT2D eigenvalue weighted by Gasteiger charge is -2.11. The highest BCUT2D eigenvalue weighted by Gasteiger charge is 2.15. The standard InChI is InChI=1S/C12H14N2O4S/c1-9(6-7-13)14-19(17,18)8-10-2-4-11(5-3-10)12(15)16/h2-5,9,14H,6,8H2,1H3,(H,15,16). The number of nitrogens with zero attached hydrogens (tertiary/aromatic N) is 1. The molecule has 0 aliphatic rings. The van der Waals surface area contributed by atoms with Crippen molar-refractivity contribution in [2.24, 2.45) is 0 Å². The molecule has 1 aromatic rings. The summed E-state index contributed by atoms with van der Waals surface area (Å²) < 4.78 is 25.9. The summed E-state index contributed by atoms with van der Waals surface area (Å²) in [5.74, 6) is -1.31. The predicted molar refractivity (Wildman–Crippen MR) is 68.9 cm³/mol. The molecule has 0 saturated carbocycles. The van der Waals surface area contributed by atoms with E-state index in [0.29, 0.717) is 5.56 Å². The van der Waals surface area contributed by atoms with Crippen LogP contribution in [0, 0.1) is 11.3 Å². The predicted octanol–water partition coefficient (Wildman–Crippen LogP) is 1.11. The van der Waals surface area contributed by atoms with Crippen molar-refractivity contribution in [2.45, 2.75) is 25.1 Å². The molecule has 0 bridgehead atoms. The zero-order valence-corrected chi connectivity index (χ0v) is 11.1. The van der Waals surface area contributed by atoms with Gasteiger partial charge in [-0.25, -0.2) is 17.9 Å². The summed E-state index contributed by atoms with van der Waals surface area (Å²) in [6.45, 7) is 1.61. The van der Waals surface area contributed by atoms with Crippen molar-refractivity contribution in [3.05, 3.63) is 35.4 Å². The fraction of sp³-hybridized carbons (Fsp3) is 0.333. The molecule has 102 valence electrons. The maximum atomic E-state index is 11.8. The summed E-state index contributed by atoms with van der Waals surface area (Å²) >= 11 is 0. The lowest BCUT2D eigenvalue weighted by atomic mass is 10.1. The molecular weight excluding hydrogens is 268 g/mol. The van der Waals surface area contributed by atoms with Crippen molar-refractivity contribution in [1.29, 1.82) is 5.26 Å². The highest BCUT2D eigenvalue weighted by Crippen LogP contribution is 2.08. The average molecular weight is 282 g/mol. The summed E-state index contributed by atoms with van der Waals surface area (Å²) in [7, 11) is -3.54. The molecule has 1 unspecified atom stereocenters. The third-order valence-electron chi connectivity index (χ3n) is 2.34. The van der Waals surface area contributed by atoms with Crippen LogP contribution in [0.3, 0.4) is 0 Å². The molecule has 1 aromatic carbocycles. The molecule has 0 aliphatic heterocycles. The van der Waals surface area contributed by atoms with Crippen molar-refractivity contribution >= 4 is 16.0 Å². The zero-order valence-electron chi connectivity index (χ0n) is 10.3. The molecule has 2 N–H and O–H groups in total. The largest absolute Gasteiger partial charge is 0.478 e.